The number of nitrogens with one attached hydrogen (secondary N) is 1. The number of nitrogens with two attached hydrogens (primary N) is 1. The summed E-state index contributed by atoms with van der Waals surface area (Å²) in [6.07, 6.45) is 4.34. The molecule has 0 saturated heterocycles. The van der Waals surface area contributed by atoms with Crippen molar-refractivity contribution in [1.29, 1.82) is 0 Å². The lowest BCUT2D eigenvalue weighted by molar-refractivity contribution is -0.147. The number of carbonyl (C=O) groups is 1. The van der Waals surface area contributed by atoms with Gasteiger partial charge in [-0.1, -0.05) is 28.8 Å². The van der Waals surface area contributed by atoms with E-state index in [1.54, 1.807) is 0 Å². The van der Waals surface area contributed by atoms with Gasteiger partial charge in [-0.3, -0.25) is 0 Å². The van der Waals surface area contributed by atoms with Crippen molar-refractivity contribution in [3.8, 4) is 0 Å². The summed E-state index contributed by atoms with van der Waals surface area (Å²) in [6, 6.07) is 0. The number of carbonyl (C=O) groups excluding carboxylic acids is 1. The van der Waals surface area contributed by atoms with Crippen molar-refractivity contribution >= 4 is 21.9 Å². The molecule has 0 atom stereocenters. The molecule has 13 heavy (non-hydrogen) atoms. The molecule has 0 amide bonds. The van der Waals surface area contributed by atoms with E-state index in [9.17, 15) is 4.79 Å². The maximum absolute atomic E-state index is 10.6. The van der Waals surface area contributed by atoms with E-state index in [0.29, 0.717) is 6.54 Å². The first kappa shape index (κ1) is 12.9. The average Bonchev–Trinajstić information content (AvgIpc) is 2.16. The smallest absolute Gasteiger partial charge is 0.335 e. The van der Waals surface area contributed by atoms with Crippen molar-refractivity contribution in [2.45, 2.75) is 25.7 Å². The van der Waals surface area contributed by atoms with Crippen LogP contribution in [0.2, 0.25) is 0 Å². The molecule has 0 saturated carbocycles. The molecule has 0 unspecified atom stereocenters. The number of hydroxylamine groups is 1. The minimum Gasteiger partial charge on any atom is -0.370 e. The Morgan fingerprint density at radius 1 is 1.31 bits per heavy atom. The maximum Gasteiger partial charge on any atom is 0.335 e. The predicted molar refractivity (Wildman–Crippen MR) is 55.4 cm³/mol. The van der Waals surface area contributed by atoms with Crippen molar-refractivity contribution < 1.29 is 9.63 Å². The number of halogens is 1. The summed E-state index contributed by atoms with van der Waals surface area (Å²) in [5.74, 6) is -0.290. The molecule has 78 valence electrons. The highest BCUT2D eigenvalue weighted by molar-refractivity contribution is 9.09. The second kappa shape index (κ2) is 9.95. The number of unbranched alkanes of at least 4 members (excludes halogenated alkanes) is 3. The molecular weight excluding hydrogens is 236 g/mol. The van der Waals surface area contributed by atoms with Crippen molar-refractivity contribution in [2.75, 3.05) is 18.4 Å². The molecule has 0 aliphatic carbocycles. The van der Waals surface area contributed by atoms with Crippen LogP contribution in [0.25, 0.3) is 0 Å². The van der Waals surface area contributed by atoms with Gasteiger partial charge in [0.2, 0.25) is 0 Å². The average molecular weight is 253 g/mol. The van der Waals surface area contributed by atoms with Crippen LogP contribution in [-0.2, 0) is 9.63 Å². The molecule has 0 fully saturated rings. The lowest BCUT2D eigenvalue weighted by atomic mass is 10.2. The number of rotatable bonds is 8. The second-order valence-electron chi connectivity index (χ2n) is 2.70. The van der Waals surface area contributed by atoms with E-state index < -0.39 is 0 Å². The van der Waals surface area contributed by atoms with Gasteiger partial charge in [0.05, 0.1) is 0 Å². The molecule has 3 N–H and O–H groups in total. The molecule has 0 rings (SSSR count). The Kier molecular flexibility index (Phi) is 9.85. The summed E-state index contributed by atoms with van der Waals surface area (Å²) in [5.41, 5.74) is 7.94. The van der Waals surface area contributed by atoms with Gasteiger partial charge in [-0.25, -0.2) is 4.79 Å². The van der Waals surface area contributed by atoms with E-state index in [0.717, 1.165) is 32.2 Å². The van der Waals surface area contributed by atoms with Crippen LogP contribution in [0.3, 0.4) is 0 Å². The van der Waals surface area contributed by atoms with Crippen LogP contribution < -0.4 is 11.2 Å². The van der Waals surface area contributed by atoms with Gasteiger partial charge in [-0.2, -0.15) is 5.48 Å². The van der Waals surface area contributed by atoms with Crippen LogP contribution in [0.4, 0.5) is 0 Å². The number of hydrogen-bond acceptors (Lipinski definition) is 4. The zero-order chi connectivity index (χ0) is 9.94. The van der Waals surface area contributed by atoms with Crippen molar-refractivity contribution in [3.63, 3.8) is 0 Å². The van der Waals surface area contributed by atoms with Crippen LogP contribution in [0.5, 0.6) is 0 Å². The third-order valence-electron chi connectivity index (χ3n) is 1.53. The fourth-order valence-electron chi connectivity index (χ4n) is 0.854. The maximum atomic E-state index is 10.6. The van der Waals surface area contributed by atoms with E-state index in [-0.39, 0.29) is 11.3 Å². The van der Waals surface area contributed by atoms with Gasteiger partial charge >= 0.3 is 5.97 Å². The Bertz CT molecular complexity index is 133. The molecule has 0 heterocycles. The zero-order valence-electron chi connectivity index (χ0n) is 7.72. The lowest BCUT2D eigenvalue weighted by Gasteiger charge is -2.03. The van der Waals surface area contributed by atoms with Gasteiger partial charge in [-0.05, 0) is 19.4 Å². The van der Waals surface area contributed by atoms with Crippen LogP contribution >= 0.6 is 15.9 Å². The highest BCUT2D eigenvalue weighted by Crippen LogP contribution is 1.96. The quantitative estimate of drug-likeness (QED) is 0.384. The fourth-order valence-corrected chi connectivity index (χ4v) is 0.968. The molecule has 0 aliphatic rings. The largest absolute Gasteiger partial charge is 0.370 e. The predicted octanol–water partition coefficient (Wildman–Crippen LogP) is 0.948. The normalized spacial score (nSPS) is 10.0. The fraction of sp³-hybridized carbons (Fsp3) is 0.875. The van der Waals surface area contributed by atoms with Crippen LogP contribution in [0.15, 0.2) is 0 Å². The highest BCUT2D eigenvalue weighted by atomic mass is 79.9. The van der Waals surface area contributed by atoms with E-state index >= 15 is 0 Å². The molecule has 0 aliphatic heterocycles. The van der Waals surface area contributed by atoms with E-state index in [2.05, 4.69) is 26.2 Å². The first-order valence-corrected chi connectivity index (χ1v) is 5.62. The summed E-state index contributed by atoms with van der Waals surface area (Å²) < 4.78 is 0. The molecule has 5 heteroatoms. The summed E-state index contributed by atoms with van der Waals surface area (Å²) >= 11 is 2.99. The molecule has 0 radical (unpaired) electrons. The summed E-state index contributed by atoms with van der Waals surface area (Å²) in [6.45, 7) is 1.47. The van der Waals surface area contributed by atoms with E-state index in [1.165, 1.54) is 0 Å². The summed E-state index contributed by atoms with van der Waals surface area (Å²) in [5, 5.41) is 0.229. The third kappa shape index (κ3) is 9.79. The van der Waals surface area contributed by atoms with Gasteiger partial charge in [0.15, 0.2) is 0 Å². The molecule has 0 spiro atoms. The van der Waals surface area contributed by atoms with Crippen molar-refractivity contribution in [2.24, 2.45) is 5.73 Å². The van der Waals surface area contributed by atoms with Gasteiger partial charge in [0.25, 0.3) is 0 Å². The molecule has 0 aromatic heterocycles. The standard InChI is InChI=1S/C8H17BrN2O2/c9-7-8(12)13-11-6-4-2-1-3-5-10/h11H,1-7,10H2. The Morgan fingerprint density at radius 2 is 2.00 bits per heavy atom. The first-order chi connectivity index (χ1) is 6.31. The molecule has 4 nitrogen and oxygen atoms in total. The molecular formula is C8H17BrN2O2. The first-order valence-electron chi connectivity index (χ1n) is 4.49. The Hall–Kier alpha value is -0.130. The van der Waals surface area contributed by atoms with Gasteiger partial charge in [-0.15, -0.1) is 0 Å². The van der Waals surface area contributed by atoms with E-state index in [1.807, 2.05) is 0 Å². The van der Waals surface area contributed by atoms with Crippen LogP contribution in [-0.4, -0.2) is 24.4 Å². The zero-order valence-corrected chi connectivity index (χ0v) is 9.31. The molecule has 0 aromatic rings. The SMILES string of the molecule is NCCCCCCNOC(=O)CBr. The summed E-state index contributed by atoms with van der Waals surface area (Å²) in [4.78, 5) is 15.2. The monoisotopic (exact) mass is 252 g/mol. The number of hydrogen-bond donors (Lipinski definition) is 2. The molecule has 0 aromatic carbocycles. The van der Waals surface area contributed by atoms with Gasteiger partial charge < -0.3 is 10.6 Å². The number of alkyl halides is 1. The van der Waals surface area contributed by atoms with Gasteiger partial charge in [0.1, 0.15) is 5.33 Å². The minimum atomic E-state index is -0.290. The third-order valence-corrected chi connectivity index (χ3v) is 1.99. The molecule has 0 bridgehead atoms. The van der Waals surface area contributed by atoms with E-state index in [4.69, 9.17) is 5.73 Å². The van der Waals surface area contributed by atoms with Gasteiger partial charge in [0, 0.05) is 6.54 Å². The Morgan fingerprint density at radius 3 is 2.62 bits per heavy atom. The lowest BCUT2D eigenvalue weighted by Crippen LogP contribution is -2.21. The topological polar surface area (TPSA) is 64.3 Å². The second-order valence-corrected chi connectivity index (χ2v) is 3.27. The Labute approximate surface area is 87.3 Å². The summed E-state index contributed by atoms with van der Waals surface area (Å²) in [7, 11) is 0. The van der Waals surface area contributed by atoms with Crippen LogP contribution in [0, 0.1) is 0 Å². The minimum absolute atomic E-state index is 0.229. The Balaban J connectivity index is 2.95. The van der Waals surface area contributed by atoms with Crippen molar-refractivity contribution in [3.05, 3.63) is 0 Å². The van der Waals surface area contributed by atoms with Crippen LogP contribution in [0.1, 0.15) is 25.7 Å². The van der Waals surface area contributed by atoms with Crippen molar-refractivity contribution in [1.82, 2.24) is 5.48 Å². The highest BCUT2D eigenvalue weighted by Gasteiger charge is 1.97.